The Hall–Kier alpha value is -2.58. The van der Waals surface area contributed by atoms with Gasteiger partial charge in [-0.15, -0.1) is 0 Å². The fourth-order valence-corrected chi connectivity index (χ4v) is 3.95. The molecule has 1 N–H and O–H groups in total. The van der Waals surface area contributed by atoms with Crippen molar-refractivity contribution in [2.45, 2.75) is 19.9 Å². The molecule has 2 amide bonds. The highest BCUT2D eigenvalue weighted by Crippen LogP contribution is 2.33. The number of nitrogens with zero attached hydrogens (tertiary/aromatic N) is 3. The lowest BCUT2D eigenvalue weighted by molar-refractivity contribution is -0.139. The number of benzene rings is 1. The van der Waals surface area contributed by atoms with Crippen molar-refractivity contribution >= 4 is 12.0 Å². The first-order valence-electron chi connectivity index (χ1n) is 10.5. The number of amides is 2. The molecule has 1 fully saturated rings. The maximum absolute atomic E-state index is 13.1. The molecule has 0 saturated carbocycles. The number of methoxy groups -OCH3 is 1. The molecule has 2 aliphatic rings. The van der Waals surface area contributed by atoms with E-state index < -0.39 is 12.0 Å². The summed E-state index contributed by atoms with van der Waals surface area (Å²) in [7, 11) is 3.70. The fraction of sp³-hybridized carbons (Fsp3) is 0.545. The van der Waals surface area contributed by atoms with Crippen molar-refractivity contribution in [1.29, 1.82) is 0 Å². The van der Waals surface area contributed by atoms with Crippen molar-refractivity contribution in [1.82, 2.24) is 20.0 Å². The average molecular weight is 417 g/mol. The van der Waals surface area contributed by atoms with Crippen LogP contribution in [0.4, 0.5) is 4.79 Å². The van der Waals surface area contributed by atoms with E-state index >= 15 is 0 Å². The molecule has 1 aromatic rings. The van der Waals surface area contributed by atoms with Crippen LogP contribution in [0, 0.1) is 0 Å². The average Bonchev–Trinajstić information content (AvgIpc) is 2.75. The highest BCUT2D eigenvalue weighted by atomic mass is 16.5. The lowest BCUT2D eigenvalue weighted by Crippen LogP contribution is -2.52. The van der Waals surface area contributed by atoms with Gasteiger partial charge in [0, 0.05) is 45.0 Å². The molecule has 8 heteroatoms. The van der Waals surface area contributed by atoms with Crippen LogP contribution in [0.2, 0.25) is 0 Å². The minimum Gasteiger partial charge on any atom is -0.497 e. The first-order valence-corrected chi connectivity index (χ1v) is 10.5. The molecule has 2 aliphatic heterocycles. The van der Waals surface area contributed by atoms with Crippen LogP contribution >= 0.6 is 0 Å². The molecule has 0 spiro atoms. The van der Waals surface area contributed by atoms with Crippen molar-refractivity contribution in [3.05, 3.63) is 41.1 Å². The topological polar surface area (TPSA) is 74.4 Å². The zero-order valence-corrected chi connectivity index (χ0v) is 18.3. The predicted molar refractivity (Wildman–Crippen MR) is 114 cm³/mol. The second kappa shape index (κ2) is 9.95. The summed E-state index contributed by atoms with van der Waals surface area (Å²) in [5.74, 6) is 0.274. The van der Waals surface area contributed by atoms with E-state index in [0.29, 0.717) is 24.4 Å². The van der Waals surface area contributed by atoms with E-state index in [1.807, 2.05) is 31.2 Å². The summed E-state index contributed by atoms with van der Waals surface area (Å²) in [4.78, 5) is 32.3. The molecule has 1 saturated heterocycles. The van der Waals surface area contributed by atoms with E-state index in [2.05, 4.69) is 22.2 Å². The SMILES string of the molecule is CCOC(=O)C1=C(CN2CCN(C)CC2)N(CC)C(=O)NC1c1cccc(OC)c1. The third-order valence-electron chi connectivity index (χ3n) is 5.65. The van der Waals surface area contributed by atoms with Gasteiger partial charge in [-0.1, -0.05) is 12.1 Å². The Morgan fingerprint density at radius 2 is 1.93 bits per heavy atom. The van der Waals surface area contributed by atoms with Gasteiger partial charge in [-0.2, -0.15) is 0 Å². The van der Waals surface area contributed by atoms with Gasteiger partial charge in [-0.3, -0.25) is 9.80 Å². The third-order valence-corrected chi connectivity index (χ3v) is 5.65. The molecule has 0 aliphatic carbocycles. The standard InChI is InChI=1S/C22H32N4O4/c1-5-26-18(15-25-12-10-24(3)11-13-25)19(21(27)30-6-2)20(23-22(26)28)16-8-7-9-17(14-16)29-4/h7-9,14,20H,5-6,10-13,15H2,1-4H3,(H,23,28). The lowest BCUT2D eigenvalue weighted by atomic mass is 9.94. The number of esters is 1. The molecule has 0 aromatic heterocycles. The van der Waals surface area contributed by atoms with E-state index in [0.717, 1.165) is 37.4 Å². The van der Waals surface area contributed by atoms with Gasteiger partial charge in [-0.05, 0) is 38.6 Å². The largest absolute Gasteiger partial charge is 0.497 e. The van der Waals surface area contributed by atoms with Crippen LogP contribution in [0.25, 0.3) is 0 Å². The first-order chi connectivity index (χ1) is 14.5. The van der Waals surface area contributed by atoms with Crippen LogP contribution in [0.5, 0.6) is 5.75 Å². The number of piperazine rings is 1. The van der Waals surface area contributed by atoms with Crippen LogP contribution in [-0.2, 0) is 9.53 Å². The number of hydrogen-bond donors (Lipinski definition) is 1. The Balaban J connectivity index is 2.06. The zero-order chi connectivity index (χ0) is 21.7. The summed E-state index contributed by atoms with van der Waals surface area (Å²) < 4.78 is 10.8. The molecule has 1 unspecified atom stereocenters. The van der Waals surface area contributed by atoms with Crippen LogP contribution in [0.1, 0.15) is 25.5 Å². The minimum absolute atomic E-state index is 0.206. The van der Waals surface area contributed by atoms with Crippen molar-refractivity contribution < 1.29 is 19.1 Å². The van der Waals surface area contributed by atoms with E-state index in [4.69, 9.17) is 9.47 Å². The Morgan fingerprint density at radius 1 is 1.20 bits per heavy atom. The van der Waals surface area contributed by atoms with Crippen molar-refractivity contribution in [3.8, 4) is 5.75 Å². The van der Waals surface area contributed by atoms with Gasteiger partial charge in [0.05, 0.1) is 25.3 Å². The molecular formula is C22H32N4O4. The van der Waals surface area contributed by atoms with E-state index in [1.54, 1.807) is 18.9 Å². The molecule has 1 aromatic carbocycles. The van der Waals surface area contributed by atoms with Gasteiger partial charge in [0.15, 0.2) is 0 Å². The fourth-order valence-electron chi connectivity index (χ4n) is 3.95. The first kappa shape index (κ1) is 22.1. The summed E-state index contributed by atoms with van der Waals surface area (Å²) >= 11 is 0. The second-order valence-corrected chi connectivity index (χ2v) is 7.56. The maximum atomic E-state index is 13.1. The van der Waals surface area contributed by atoms with E-state index in [1.165, 1.54) is 0 Å². The highest BCUT2D eigenvalue weighted by Gasteiger charge is 2.38. The van der Waals surface area contributed by atoms with E-state index in [-0.39, 0.29) is 12.6 Å². The van der Waals surface area contributed by atoms with Crippen LogP contribution in [0.3, 0.4) is 0 Å². The Kier molecular flexibility index (Phi) is 7.33. The van der Waals surface area contributed by atoms with Gasteiger partial charge in [0.1, 0.15) is 5.75 Å². The van der Waals surface area contributed by atoms with Gasteiger partial charge in [0.25, 0.3) is 0 Å². The summed E-state index contributed by atoms with van der Waals surface area (Å²) in [5.41, 5.74) is 2.00. The molecule has 0 bridgehead atoms. The number of urea groups is 1. The molecule has 8 nitrogen and oxygen atoms in total. The number of carbonyl (C=O) groups is 2. The maximum Gasteiger partial charge on any atom is 0.338 e. The molecule has 0 radical (unpaired) electrons. The van der Waals surface area contributed by atoms with Crippen LogP contribution in [0.15, 0.2) is 35.5 Å². The highest BCUT2D eigenvalue weighted by molar-refractivity contribution is 5.95. The van der Waals surface area contributed by atoms with Crippen molar-refractivity contribution in [3.63, 3.8) is 0 Å². The molecule has 30 heavy (non-hydrogen) atoms. The molecular weight excluding hydrogens is 384 g/mol. The Morgan fingerprint density at radius 3 is 2.57 bits per heavy atom. The van der Waals surface area contributed by atoms with Gasteiger partial charge < -0.3 is 19.7 Å². The monoisotopic (exact) mass is 416 g/mol. The zero-order valence-electron chi connectivity index (χ0n) is 18.3. The van der Waals surface area contributed by atoms with Gasteiger partial charge in [-0.25, -0.2) is 9.59 Å². The molecule has 1 atom stereocenters. The van der Waals surface area contributed by atoms with Crippen molar-refractivity contribution in [2.24, 2.45) is 0 Å². The summed E-state index contributed by atoms with van der Waals surface area (Å²) in [6.07, 6.45) is 0. The van der Waals surface area contributed by atoms with Crippen LogP contribution in [-0.4, -0.2) is 86.7 Å². The quantitative estimate of drug-likeness (QED) is 0.684. The predicted octanol–water partition coefficient (Wildman–Crippen LogP) is 1.85. The van der Waals surface area contributed by atoms with E-state index in [9.17, 15) is 9.59 Å². The summed E-state index contributed by atoms with van der Waals surface area (Å²) in [6.45, 7) is 8.68. The number of rotatable bonds is 7. The lowest BCUT2D eigenvalue weighted by Gasteiger charge is -2.40. The van der Waals surface area contributed by atoms with Gasteiger partial charge in [0.2, 0.25) is 0 Å². The normalized spacial score (nSPS) is 20.9. The Labute approximate surface area is 178 Å². The Bertz CT molecular complexity index is 802. The smallest absolute Gasteiger partial charge is 0.338 e. The number of ether oxygens (including phenoxy) is 2. The summed E-state index contributed by atoms with van der Waals surface area (Å²) in [5, 5.41) is 2.99. The molecule has 3 rings (SSSR count). The number of hydrogen-bond acceptors (Lipinski definition) is 6. The van der Waals surface area contributed by atoms with Crippen molar-refractivity contribution in [2.75, 3.05) is 60.0 Å². The number of carbonyl (C=O) groups excluding carboxylic acids is 2. The van der Waals surface area contributed by atoms with Gasteiger partial charge >= 0.3 is 12.0 Å². The number of nitrogens with one attached hydrogen (secondary N) is 1. The minimum atomic E-state index is -0.586. The van der Waals surface area contributed by atoms with Crippen LogP contribution < -0.4 is 10.1 Å². The molecule has 2 heterocycles. The third kappa shape index (κ3) is 4.76. The summed E-state index contributed by atoms with van der Waals surface area (Å²) in [6, 6.07) is 6.64. The molecule has 164 valence electrons. The second-order valence-electron chi connectivity index (χ2n) is 7.56. The number of likely N-dealkylation sites (N-methyl/N-ethyl adjacent to an activating group) is 2.